The van der Waals surface area contributed by atoms with Crippen LogP contribution in [0.5, 0.6) is 0 Å². The molecule has 78 valence electrons. The standard InChI is InChI=1S/C11H13N3O/c1-9(15)5-10-3-2-4-11(6-10)14-8-12-7-13-14/h2-4,6-9,15H,5H2,1H3. The third-order valence-electron chi connectivity index (χ3n) is 2.12. The zero-order chi connectivity index (χ0) is 10.7. The molecule has 15 heavy (non-hydrogen) atoms. The van der Waals surface area contributed by atoms with Gasteiger partial charge in [-0.25, -0.2) is 9.67 Å². The molecule has 0 radical (unpaired) electrons. The highest BCUT2D eigenvalue weighted by Gasteiger charge is 2.01. The van der Waals surface area contributed by atoms with E-state index in [9.17, 15) is 5.11 Å². The topological polar surface area (TPSA) is 50.9 Å². The Bertz CT molecular complexity index is 423. The smallest absolute Gasteiger partial charge is 0.138 e. The zero-order valence-corrected chi connectivity index (χ0v) is 8.54. The molecular weight excluding hydrogens is 190 g/mol. The lowest BCUT2D eigenvalue weighted by molar-refractivity contribution is 0.195. The third kappa shape index (κ3) is 2.41. The van der Waals surface area contributed by atoms with Gasteiger partial charge in [-0.05, 0) is 31.0 Å². The van der Waals surface area contributed by atoms with E-state index in [0.29, 0.717) is 6.42 Å². The number of aromatic nitrogens is 3. The third-order valence-corrected chi connectivity index (χ3v) is 2.12. The number of aliphatic hydroxyl groups excluding tert-OH is 1. The second-order valence-corrected chi connectivity index (χ2v) is 3.56. The first-order valence-corrected chi connectivity index (χ1v) is 4.88. The predicted molar refractivity (Wildman–Crippen MR) is 56.7 cm³/mol. The molecule has 0 aliphatic rings. The van der Waals surface area contributed by atoms with Gasteiger partial charge in [-0.1, -0.05) is 12.1 Å². The maximum atomic E-state index is 9.29. The van der Waals surface area contributed by atoms with Crippen molar-refractivity contribution >= 4 is 0 Å². The average molecular weight is 203 g/mol. The zero-order valence-electron chi connectivity index (χ0n) is 8.54. The van der Waals surface area contributed by atoms with Gasteiger partial charge >= 0.3 is 0 Å². The number of hydrogen-bond acceptors (Lipinski definition) is 3. The van der Waals surface area contributed by atoms with Crippen LogP contribution in [-0.2, 0) is 6.42 Å². The molecule has 0 saturated heterocycles. The largest absolute Gasteiger partial charge is 0.393 e. The molecule has 2 rings (SSSR count). The van der Waals surface area contributed by atoms with E-state index in [-0.39, 0.29) is 6.10 Å². The molecule has 0 spiro atoms. The molecule has 0 aliphatic heterocycles. The van der Waals surface area contributed by atoms with Crippen molar-refractivity contribution in [3.8, 4) is 5.69 Å². The van der Waals surface area contributed by atoms with Crippen LogP contribution < -0.4 is 0 Å². The van der Waals surface area contributed by atoms with Gasteiger partial charge in [0.2, 0.25) is 0 Å². The fourth-order valence-electron chi connectivity index (χ4n) is 1.51. The summed E-state index contributed by atoms with van der Waals surface area (Å²) in [5.74, 6) is 0. The van der Waals surface area contributed by atoms with E-state index in [0.717, 1.165) is 11.3 Å². The number of nitrogens with zero attached hydrogens (tertiary/aromatic N) is 3. The van der Waals surface area contributed by atoms with Crippen LogP contribution in [0.3, 0.4) is 0 Å². The Balaban J connectivity index is 2.27. The van der Waals surface area contributed by atoms with Crippen molar-refractivity contribution in [2.75, 3.05) is 0 Å². The van der Waals surface area contributed by atoms with Gasteiger partial charge in [0.1, 0.15) is 12.7 Å². The van der Waals surface area contributed by atoms with Gasteiger partial charge in [0.15, 0.2) is 0 Å². The molecule has 1 aromatic carbocycles. The molecular formula is C11H13N3O. The SMILES string of the molecule is CC(O)Cc1cccc(-n2cncn2)c1. The van der Waals surface area contributed by atoms with Crippen molar-refractivity contribution in [1.29, 1.82) is 0 Å². The molecule has 1 atom stereocenters. The molecule has 1 heterocycles. The van der Waals surface area contributed by atoms with Gasteiger partial charge in [0.25, 0.3) is 0 Å². The molecule has 0 aliphatic carbocycles. The van der Waals surface area contributed by atoms with Crippen molar-refractivity contribution in [2.45, 2.75) is 19.4 Å². The molecule has 4 heteroatoms. The van der Waals surface area contributed by atoms with E-state index in [2.05, 4.69) is 10.1 Å². The van der Waals surface area contributed by atoms with Crippen LogP contribution in [0.25, 0.3) is 5.69 Å². The van der Waals surface area contributed by atoms with E-state index in [1.807, 2.05) is 24.3 Å². The summed E-state index contributed by atoms with van der Waals surface area (Å²) in [7, 11) is 0. The average Bonchev–Trinajstić information content (AvgIpc) is 2.69. The van der Waals surface area contributed by atoms with Gasteiger partial charge in [-0.2, -0.15) is 5.10 Å². The lowest BCUT2D eigenvalue weighted by Crippen LogP contribution is -2.05. The van der Waals surface area contributed by atoms with Crippen LogP contribution in [0.4, 0.5) is 0 Å². The summed E-state index contributed by atoms with van der Waals surface area (Å²) in [6.07, 6.45) is 3.49. The lowest BCUT2D eigenvalue weighted by atomic mass is 10.1. The molecule has 0 bridgehead atoms. The second-order valence-electron chi connectivity index (χ2n) is 3.56. The van der Waals surface area contributed by atoms with Gasteiger partial charge in [0.05, 0.1) is 11.8 Å². The minimum absolute atomic E-state index is 0.323. The molecule has 0 saturated carbocycles. The monoisotopic (exact) mass is 203 g/mol. The quantitative estimate of drug-likeness (QED) is 0.815. The van der Waals surface area contributed by atoms with Crippen molar-refractivity contribution in [3.05, 3.63) is 42.5 Å². The van der Waals surface area contributed by atoms with Crippen LogP contribution in [0.2, 0.25) is 0 Å². The molecule has 0 amide bonds. The van der Waals surface area contributed by atoms with Crippen molar-refractivity contribution in [2.24, 2.45) is 0 Å². The summed E-state index contributed by atoms with van der Waals surface area (Å²) in [6, 6.07) is 7.91. The molecule has 1 aromatic heterocycles. The Labute approximate surface area is 88.2 Å². The minimum Gasteiger partial charge on any atom is -0.393 e. The first kappa shape index (κ1) is 9.86. The van der Waals surface area contributed by atoms with Crippen LogP contribution in [0.1, 0.15) is 12.5 Å². The number of rotatable bonds is 3. The maximum absolute atomic E-state index is 9.29. The Hall–Kier alpha value is -1.68. The van der Waals surface area contributed by atoms with Gasteiger partial charge in [-0.3, -0.25) is 0 Å². The fraction of sp³-hybridized carbons (Fsp3) is 0.273. The van der Waals surface area contributed by atoms with Crippen LogP contribution in [0, 0.1) is 0 Å². The number of benzene rings is 1. The summed E-state index contributed by atoms with van der Waals surface area (Å²) >= 11 is 0. The predicted octanol–water partition coefficient (Wildman–Crippen LogP) is 1.19. The lowest BCUT2D eigenvalue weighted by Gasteiger charge is -2.06. The van der Waals surface area contributed by atoms with Crippen molar-refractivity contribution in [3.63, 3.8) is 0 Å². The Morgan fingerprint density at radius 1 is 1.47 bits per heavy atom. The highest BCUT2D eigenvalue weighted by molar-refractivity contribution is 5.34. The summed E-state index contributed by atoms with van der Waals surface area (Å²) in [5.41, 5.74) is 2.06. The van der Waals surface area contributed by atoms with Crippen LogP contribution >= 0.6 is 0 Å². The second kappa shape index (κ2) is 4.23. The first-order valence-electron chi connectivity index (χ1n) is 4.88. The molecule has 2 aromatic rings. The molecule has 0 fully saturated rings. The Kier molecular flexibility index (Phi) is 2.78. The summed E-state index contributed by atoms with van der Waals surface area (Å²) in [4.78, 5) is 3.89. The normalized spacial score (nSPS) is 12.7. The van der Waals surface area contributed by atoms with E-state index < -0.39 is 0 Å². The number of aliphatic hydroxyl groups is 1. The van der Waals surface area contributed by atoms with E-state index in [1.165, 1.54) is 6.33 Å². The van der Waals surface area contributed by atoms with E-state index in [1.54, 1.807) is 17.9 Å². The van der Waals surface area contributed by atoms with Crippen LogP contribution in [-0.4, -0.2) is 26.0 Å². The van der Waals surface area contributed by atoms with Crippen molar-refractivity contribution in [1.82, 2.24) is 14.8 Å². The van der Waals surface area contributed by atoms with E-state index >= 15 is 0 Å². The van der Waals surface area contributed by atoms with Crippen LogP contribution in [0.15, 0.2) is 36.9 Å². The summed E-state index contributed by atoms with van der Waals surface area (Å²) in [6.45, 7) is 1.78. The van der Waals surface area contributed by atoms with Gasteiger partial charge in [0, 0.05) is 0 Å². The van der Waals surface area contributed by atoms with Gasteiger partial charge < -0.3 is 5.11 Å². The summed E-state index contributed by atoms with van der Waals surface area (Å²) in [5, 5.41) is 13.3. The summed E-state index contributed by atoms with van der Waals surface area (Å²) < 4.78 is 1.70. The molecule has 1 unspecified atom stereocenters. The minimum atomic E-state index is -0.323. The fourth-order valence-corrected chi connectivity index (χ4v) is 1.51. The Morgan fingerprint density at radius 2 is 2.33 bits per heavy atom. The maximum Gasteiger partial charge on any atom is 0.138 e. The van der Waals surface area contributed by atoms with Crippen molar-refractivity contribution < 1.29 is 5.11 Å². The highest BCUT2D eigenvalue weighted by Crippen LogP contribution is 2.10. The first-order chi connectivity index (χ1) is 7.25. The van der Waals surface area contributed by atoms with E-state index in [4.69, 9.17) is 0 Å². The Morgan fingerprint density at radius 3 is 3.00 bits per heavy atom. The molecule has 4 nitrogen and oxygen atoms in total. The molecule has 1 N–H and O–H groups in total. The highest BCUT2D eigenvalue weighted by atomic mass is 16.3. The van der Waals surface area contributed by atoms with Gasteiger partial charge in [-0.15, -0.1) is 0 Å². The number of hydrogen-bond donors (Lipinski definition) is 1.